The number of carbonyl (C=O) groups excluding carboxylic acids is 2. The van der Waals surface area contributed by atoms with Crippen LogP contribution in [0.5, 0.6) is 0 Å². The molecule has 138 valence electrons. The van der Waals surface area contributed by atoms with Crippen molar-refractivity contribution in [2.45, 2.75) is 18.2 Å². The number of nitrogens with two attached hydrogens (primary N) is 1. The van der Waals surface area contributed by atoms with Crippen LogP contribution in [-0.2, 0) is 31.2 Å². The predicted octanol–water partition coefficient (Wildman–Crippen LogP) is 1.40. The maximum Gasteiger partial charge on any atom is 0.337 e. The molecular formula is C18H17F2NO5. The van der Waals surface area contributed by atoms with E-state index in [-0.39, 0.29) is 12.2 Å². The monoisotopic (exact) mass is 365 g/mol. The van der Waals surface area contributed by atoms with Crippen LogP contribution < -0.4 is 5.73 Å². The lowest BCUT2D eigenvalue weighted by Gasteiger charge is -2.30. The van der Waals surface area contributed by atoms with Crippen LogP contribution in [0.2, 0.25) is 0 Å². The number of carbonyl (C=O) groups is 2. The second-order valence-corrected chi connectivity index (χ2v) is 5.49. The van der Waals surface area contributed by atoms with Crippen molar-refractivity contribution in [2.75, 3.05) is 7.11 Å². The van der Waals surface area contributed by atoms with E-state index >= 15 is 0 Å². The van der Waals surface area contributed by atoms with Crippen molar-refractivity contribution in [3.63, 3.8) is 0 Å². The number of esters is 2. The fraction of sp³-hybridized carbons (Fsp3) is 0.222. The summed E-state index contributed by atoms with van der Waals surface area (Å²) in [5.41, 5.74) is 3.75. The number of halogens is 2. The number of methoxy groups -OCH3 is 1. The topological polar surface area (TPSA) is 98.9 Å². The van der Waals surface area contributed by atoms with Crippen molar-refractivity contribution in [2.24, 2.45) is 5.73 Å². The Bertz CT molecular complexity index is 799. The molecule has 0 amide bonds. The molecule has 0 aromatic heterocycles. The number of benzene rings is 2. The Labute approximate surface area is 148 Å². The lowest BCUT2D eigenvalue weighted by Crippen LogP contribution is -2.58. The summed E-state index contributed by atoms with van der Waals surface area (Å²) in [6.07, 6.45) is -2.19. The number of hydrogen-bond donors (Lipinski definition) is 2. The van der Waals surface area contributed by atoms with Gasteiger partial charge in [-0.1, -0.05) is 36.4 Å². The van der Waals surface area contributed by atoms with Gasteiger partial charge in [0.15, 0.2) is 23.3 Å². The molecule has 0 aliphatic carbocycles. The fourth-order valence-corrected chi connectivity index (χ4v) is 2.28. The maximum atomic E-state index is 13.6. The molecule has 3 N–H and O–H groups in total. The van der Waals surface area contributed by atoms with Crippen molar-refractivity contribution < 1.29 is 33.0 Å². The standard InChI is InChI=1S/C18H17F2NO5/c1-25-16(23)15(22)18(21,12-7-8-13(19)14(20)9-12)17(24)26-10-11-5-3-2-4-6-11/h2-9,15,22H,10,21H2,1H3/t15-,18-/m0/s1. The molecule has 2 aromatic carbocycles. The van der Waals surface area contributed by atoms with Crippen LogP contribution in [0.4, 0.5) is 8.78 Å². The van der Waals surface area contributed by atoms with E-state index in [0.717, 1.165) is 19.2 Å². The van der Waals surface area contributed by atoms with Gasteiger partial charge in [0.05, 0.1) is 7.11 Å². The van der Waals surface area contributed by atoms with E-state index in [1.54, 1.807) is 30.3 Å². The van der Waals surface area contributed by atoms with E-state index in [4.69, 9.17) is 10.5 Å². The molecule has 0 unspecified atom stereocenters. The number of aliphatic hydroxyl groups excluding tert-OH is 1. The highest BCUT2D eigenvalue weighted by molar-refractivity contribution is 5.91. The molecular weight excluding hydrogens is 348 g/mol. The summed E-state index contributed by atoms with van der Waals surface area (Å²) < 4.78 is 36.3. The lowest BCUT2D eigenvalue weighted by molar-refractivity contribution is -0.168. The summed E-state index contributed by atoms with van der Waals surface area (Å²) in [5, 5.41) is 10.2. The quantitative estimate of drug-likeness (QED) is 0.751. The third kappa shape index (κ3) is 3.87. The first-order valence-electron chi connectivity index (χ1n) is 7.52. The van der Waals surface area contributed by atoms with Gasteiger partial charge in [0.25, 0.3) is 0 Å². The third-order valence-electron chi connectivity index (χ3n) is 3.80. The number of aliphatic hydroxyl groups is 1. The van der Waals surface area contributed by atoms with Crippen molar-refractivity contribution in [3.05, 3.63) is 71.3 Å². The van der Waals surface area contributed by atoms with Crippen LogP contribution in [-0.4, -0.2) is 30.3 Å². The zero-order chi connectivity index (χ0) is 19.3. The minimum atomic E-state index is -2.49. The van der Waals surface area contributed by atoms with Gasteiger partial charge >= 0.3 is 11.9 Å². The van der Waals surface area contributed by atoms with Gasteiger partial charge in [0, 0.05) is 0 Å². The van der Waals surface area contributed by atoms with E-state index in [1.807, 2.05) is 0 Å². The van der Waals surface area contributed by atoms with E-state index in [0.29, 0.717) is 11.6 Å². The number of rotatable bonds is 6. The Morgan fingerprint density at radius 1 is 1.15 bits per heavy atom. The second-order valence-electron chi connectivity index (χ2n) is 5.49. The molecule has 2 rings (SSSR count). The van der Waals surface area contributed by atoms with Gasteiger partial charge in [-0.05, 0) is 23.3 Å². The second kappa shape index (κ2) is 8.03. The molecule has 2 atom stereocenters. The van der Waals surface area contributed by atoms with Gasteiger partial charge in [0.1, 0.15) is 6.61 Å². The molecule has 0 aliphatic heterocycles. The van der Waals surface area contributed by atoms with Crippen LogP contribution in [0.15, 0.2) is 48.5 Å². The van der Waals surface area contributed by atoms with Gasteiger partial charge in [-0.25, -0.2) is 18.4 Å². The zero-order valence-electron chi connectivity index (χ0n) is 13.8. The zero-order valence-corrected chi connectivity index (χ0v) is 13.8. The Kier molecular flexibility index (Phi) is 6.01. The lowest BCUT2D eigenvalue weighted by atomic mass is 9.85. The molecule has 0 saturated heterocycles. The van der Waals surface area contributed by atoms with Crippen LogP contribution in [0.25, 0.3) is 0 Å². The highest BCUT2D eigenvalue weighted by Gasteiger charge is 2.49. The molecule has 0 spiro atoms. The van der Waals surface area contributed by atoms with E-state index < -0.39 is 35.2 Å². The predicted molar refractivity (Wildman–Crippen MR) is 86.5 cm³/mol. The van der Waals surface area contributed by atoms with Crippen molar-refractivity contribution >= 4 is 11.9 Å². The molecule has 0 saturated carbocycles. The molecule has 0 radical (unpaired) electrons. The molecule has 0 heterocycles. The summed E-state index contributed by atoms with van der Waals surface area (Å²) in [7, 11) is 0.979. The normalized spacial score (nSPS) is 14.2. The van der Waals surface area contributed by atoms with Gasteiger partial charge in [-0.2, -0.15) is 0 Å². The van der Waals surface area contributed by atoms with Crippen LogP contribution in [0.3, 0.4) is 0 Å². The number of hydrogen-bond acceptors (Lipinski definition) is 6. The van der Waals surface area contributed by atoms with Gasteiger partial charge in [0.2, 0.25) is 0 Å². The van der Waals surface area contributed by atoms with Crippen molar-refractivity contribution in [1.82, 2.24) is 0 Å². The number of ether oxygens (including phenoxy) is 2. The fourth-order valence-electron chi connectivity index (χ4n) is 2.28. The minimum absolute atomic E-state index is 0.198. The van der Waals surface area contributed by atoms with Gasteiger partial charge in [-0.15, -0.1) is 0 Å². The van der Waals surface area contributed by atoms with Gasteiger partial charge in [-0.3, -0.25) is 0 Å². The molecule has 0 fully saturated rings. The van der Waals surface area contributed by atoms with Crippen LogP contribution in [0.1, 0.15) is 11.1 Å². The Balaban J connectivity index is 2.37. The first kappa shape index (κ1) is 19.5. The average Bonchev–Trinajstić information content (AvgIpc) is 2.67. The molecule has 26 heavy (non-hydrogen) atoms. The van der Waals surface area contributed by atoms with Crippen LogP contribution >= 0.6 is 0 Å². The maximum absolute atomic E-state index is 13.6. The highest BCUT2D eigenvalue weighted by Crippen LogP contribution is 2.27. The first-order valence-corrected chi connectivity index (χ1v) is 7.52. The van der Waals surface area contributed by atoms with E-state index in [1.165, 1.54) is 0 Å². The van der Waals surface area contributed by atoms with Crippen molar-refractivity contribution in [1.29, 1.82) is 0 Å². The highest BCUT2D eigenvalue weighted by atomic mass is 19.2. The summed E-state index contributed by atoms with van der Waals surface area (Å²) in [4.78, 5) is 24.3. The summed E-state index contributed by atoms with van der Waals surface area (Å²) in [5.74, 6) is -4.91. The molecule has 6 nitrogen and oxygen atoms in total. The Morgan fingerprint density at radius 2 is 1.81 bits per heavy atom. The van der Waals surface area contributed by atoms with Crippen molar-refractivity contribution in [3.8, 4) is 0 Å². The molecule has 0 bridgehead atoms. The van der Waals surface area contributed by atoms with E-state index in [9.17, 15) is 23.5 Å². The molecule has 2 aromatic rings. The summed E-state index contributed by atoms with van der Waals surface area (Å²) in [6.45, 7) is -0.198. The minimum Gasteiger partial charge on any atom is -0.467 e. The third-order valence-corrected chi connectivity index (χ3v) is 3.80. The average molecular weight is 365 g/mol. The molecule has 0 aliphatic rings. The molecule has 8 heteroatoms. The summed E-state index contributed by atoms with van der Waals surface area (Å²) >= 11 is 0. The Hall–Kier alpha value is -2.84. The largest absolute Gasteiger partial charge is 0.467 e. The summed E-state index contributed by atoms with van der Waals surface area (Å²) in [6, 6.07) is 10.9. The smallest absolute Gasteiger partial charge is 0.337 e. The first-order chi connectivity index (χ1) is 12.3. The SMILES string of the molecule is COC(=O)[C@H](O)[C@](N)(C(=O)OCc1ccccc1)c1ccc(F)c(F)c1. The van der Waals surface area contributed by atoms with Gasteiger partial charge < -0.3 is 20.3 Å². The van der Waals surface area contributed by atoms with Crippen LogP contribution in [0, 0.1) is 11.6 Å². The van der Waals surface area contributed by atoms with E-state index in [2.05, 4.69) is 4.74 Å². The Morgan fingerprint density at radius 3 is 2.38 bits per heavy atom.